The zero-order valence-electron chi connectivity index (χ0n) is 13.7. The van der Waals surface area contributed by atoms with Crippen molar-refractivity contribution < 1.29 is 17.6 Å². The monoisotopic (exact) mass is 352 g/mol. The van der Waals surface area contributed by atoms with Crippen molar-refractivity contribution in [3.05, 3.63) is 29.2 Å². The molecule has 0 N–H and O–H groups in total. The first-order valence-corrected chi connectivity index (χ1v) is 9.46. The molecule has 0 aliphatic carbocycles. The molecule has 2 aliphatic rings. The normalized spacial score (nSPS) is 22.0. The van der Waals surface area contributed by atoms with E-state index in [4.69, 9.17) is 9.15 Å². The van der Waals surface area contributed by atoms with Crippen LogP contribution in [0.3, 0.4) is 0 Å². The Balaban J connectivity index is 1.60. The first-order valence-electron chi connectivity index (χ1n) is 8.02. The number of ether oxygens (including phenoxy) is 1. The Morgan fingerprint density at radius 1 is 1.38 bits per heavy atom. The highest BCUT2D eigenvalue weighted by molar-refractivity contribution is 7.89. The van der Waals surface area contributed by atoms with Gasteiger partial charge in [0.1, 0.15) is 10.7 Å². The molecule has 1 unspecified atom stereocenters. The number of oxazole rings is 1. The number of rotatable bonds is 3. The van der Waals surface area contributed by atoms with Crippen LogP contribution in [0.2, 0.25) is 0 Å². The third-order valence-corrected chi connectivity index (χ3v) is 6.74. The third-order valence-electron chi connectivity index (χ3n) is 4.80. The standard InChI is InChI=1S/C15H20N4O4S/c1-10-14(7-16-18(10)2)24(20,21)19-5-3-13-12(8-19)17-15(23-13)11-4-6-22-9-11/h7,11H,3-6,8-9H2,1-2H3. The Morgan fingerprint density at radius 2 is 2.21 bits per heavy atom. The highest BCUT2D eigenvalue weighted by atomic mass is 32.2. The van der Waals surface area contributed by atoms with Gasteiger partial charge in [0.2, 0.25) is 10.0 Å². The van der Waals surface area contributed by atoms with E-state index in [0.717, 1.165) is 18.8 Å². The quantitative estimate of drug-likeness (QED) is 0.817. The zero-order chi connectivity index (χ0) is 16.9. The van der Waals surface area contributed by atoms with Crippen LogP contribution in [-0.4, -0.2) is 47.2 Å². The second-order valence-electron chi connectivity index (χ2n) is 6.29. The van der Waals surface area contributed by atoms with Crippen molar-refractivity contribution in [3.63, 3.8) is 0 Å². The lowest BCUT2D eigenvalue weighted by Gasteiger charge is -2.24. The van der Waals surface area contributed by atoms with E-state index < -0.39 is 10.0 Å². The van der Waals surface area contributed by atoms with E-state index in [1.165, 1.54) is 10.5 Å². The molecule has 1 saturated heterocycles. The summed E-state index contributed by atoms with van der Waals surface area (Å²) in [6.07, 6.45) is 2.84. The van der Waals surface area contributed by atoms with Crippen LogP contribution >= 0.6 is 0 Å². The molecule has 0 bridgehead atoms. The Labute approximate surface area is 140 Å². The maximum atomic E-state index is 12.9. The number of aromatic nitrogens is 3. The first-order chi connectivity index (χ1) is 11.5. The lowest BCUT2D eigenvalue weighted by molar-refractivity contribution is 0.190. The molecule has 4 heterocycles. The Bertz CT molecular complexity index is 864. The van der Waals surface area contributed by atoms with Gasteiger partial charge in [-0.05, 0) is 13.3 Å². The maximum Gasteiger partial charge on any atom is 0.246 e. The molecule has 1 atom stereocenters. The van der Waals surface area contributed by atoms with Crippen molar-refractivity contribution in [1.82, 2.24) is 19.1 Å². The number of hydrogen-bond acceptors (Lipinski definition) is 6. The minimum absolute atomic E-state index is 0.182. The van der Waals surface area contributed by atoms with Gasteiger partial charge in [-0.15, -0.1) is 0 Å². The molecular weight excluding hydrogens is 332 g/mol. The molecule has 0 saturated carbocycles. The second-order valence-corrected chi connectivity index (χ2v) is 8.20. The van der Waals surface area contributed by atoms with Crippen LogP contribution < -0.4 is 0 Å². The average Bonchev–Trinajstić information content (AvgIpc) is 3.27. The molecule has 2 aromatic heterocycles. The molecule has 0 amide bonds. The fraction of sp³-hybridized carbons (Fsp3) is 0.600. The van der Waals surface area contributed by atoms with Gasteiger partial charge in [-0.3, -0.25) is 4.68 Å². The molecule has 130 valence electrons. The highest BCUT2D eigenvalue weighted by Gasteiger charge is 2.34. The number of sulfonamides is 1. The van der Waals surface area contributed by atoms with E-state index >= 15 is 0 Å². The predicted octanol–water partition coefficient (Wildman–Crippen LogP) is 0.967. The summed E-state index contributed by atoms with van der Waals surface area (Å²) in [6, 6.07) is 0. The molecule has 24 heavy (non-hydrogen) atoms. The van der Waals surface area contributed by atoms with Crippen molar-refractivity contribution in [3.8, 4) is 0 Å². The topological polar surface area (TPSA) is 90.5 Å². The summed E-state index contributed by atoms with van der Waals surface area (Å²) >= 11 is 0. The molecular formula is C15H20N4O4S. The Morgan fingerprint density at radius 3 is 2.88 bits per heavy atom. The van der Waals surface area contributed by atoms with E-state index in [1.54, 1.807) is 18.7 Å². The summed E-state index contributed by atoms with van der Waals surface area (Å²) in [6.45, 7) is 3.72. The molecule has 8 nitrogen and oxygen atoms in total. The van der Waals surface area contributed by atoms with Gasteiger partial charge in [0.15, 0.2) is 5.89 Å². The van der Waals surface area contributed by atoms with Gasteiger partial charge in [0.05, 0.1) is 36.7 Å². The van der Waals surface area contributed by atoms with Crippen LogP contribution in [0, 0.1) is 6.92 Å². The lowest BCUT2D eigenvalue weighted by atomic mass is 10.1. The van der Waals surface area contributed by atoms with Gasteiger partial charge in [-0.2, -0.15) is 9.40 Å². The number of hydrogen-bond donors (Lipinski definition) is 0. The smallest absolute Gasteiger partial charge is 0.246 e. The summed E-state index contributed by atoms with van der Waals surface area (Å²) in [5.41, 5.74) is 1.35. The lowest BCUT2D eigenvalue weighted by Crippen LogP contribution is -2.36. The zero-order valence-corrected chi connectivity index (χ0v) is 14.5. The summed E-state index contributed by atoms with van der Waals surface area (Å²) in [7, 11) is -1.85. The Kier molecular flexibility index (Phi) is 3.74. The van der Waals surface area contributed by atoms with Gasteiger partial charge in [0, 0.05) is 26.6 Å². The van der Waals surface area contributed by atoms with Crippen LogP contribution in [0.4, 0.5) is 0 Å². The van der Waals surface area contributed by atoms with Crippen molar-refractivity contribution in [1.29, 1.82) is 0 Å². The van der Waals surface area contributed by atoms with Crippen LogP contribution in [0.5, 0.6) is 0 Å². The SMILES string of the molecule is Cc1c(S(=O)(=O)N2CCc3oc(C4CCOC4)nc3C2)cnn1C. The maximum absolute atomic E-state index is 12.9. The van der Waals surface area contributed by atoms with Gasteiger partial charge in [0.25, 0.3) is 0 Å². The predicted molar refractivity (Wildman–Crippen MR) is 83.9 cm³/mol. The highest BCUT2D eigenvalue weighted by Crippen LogP contribution is 2.31. The van der Waals surface area contributed by atoms with E-state index in [-0.39, 0.29) is 17.4 Å². The van der Waals surface area contributed by atoms with Gasteiger partial charge in [-0.1, -0.05) is 0 Å². The van der Waals surface area contributed by atoms with E-state index in [1.807, 2.05) is 0 Å². The molecule has 4 rings (SSSR count). The molecule has 0 spiro atoms. The van der Waals surface area contributed by atoms with Crippen LogP contribution in [-0.2, 0) is 34.8 Å². The molecule has 2 aliphatic heterocycles. The average molecular weight is 352 g/mol. The van der Waals surface area contributed by atoms with Crippen molar-refractivity contribution in [2.45, 2.75) is 37.1 Å². The van der Waals surface area contributed by atoms with Gasteiger partial charge in [-0.25, -0.2) is 13.4 Å². The molecule has 1 fully saturated rings. The molecule has 0 radical (unpaired) electrons. The number of nitrogens with zero attached hydrogens (tertiary/aromatic N) is 4. The summed E-state index contributed by atoms with van der Waals surface area (Å²) in [5.74, 6) is 1.65. The van der Waals surface area contributed by atoms with Crippen LogP contribution in [0.1, 0.15) is 35.4 Å². The first kappa shape index (κ1) is 15.8. The molecule has 2 aromatic rings. The van der Waals surface area contributed by atoms with Gasteiger partial charge >= 0.3 is 0 Å². The third kappa shape index (κ3) is 2.47. The van der Waals surface area contributed by atoms with Crippen molar-refractivity contribution in [2.24, 2.45) is 7.05 Å². The minimum atomic E-state index is -3.58. The molecule has 0 aromatic carbocycles. The largest absolute Gasteiger partial charge is 0.445 e. The Hall–Kier alpha value is -1.71. The van der Waals surface area contributed by atoms with Crippen LogP contribution in [0.15, 0.2) is 15.5 Å². The second kappa shape index (κ2) is 5.68. The van der Waals surface area contributed by atoms with E-state index in [9.17, 15) is 8.42 Å². The fourth-order valence-corrected chi connectivity index (χ4v) is 4.76. The summed E-state index contributed by atoms with van der Waals surface area (Å²) in [4.78, 5) is 4.80. The fourth-order valence-electron chi connectivity index (χ4n) is 3.17. The van der Waals surface area contributed by atoms with Gasteiger partial charge < -0.3 is 9.15 Å². The van der Waals surface area contributed by atoms with E-state index in [2.05, 4.69) is 10.1 Å². The number of aryl methyl sites for hydroxylation is 1. The van der Waals surface area contributed by atoms with E-state index in [0.29, 0.717) is 36.9 Å². The molecule has 9 heteroatoms. The van der Waals surface area contributed by atoms with Crippen LogP contribution in [0.25, 0.3) is 0 Å². The van der Waals surface area contributed by atoms with Crippen molar-refractivity contribution in [2.75, 3.05) is 19.8 Å². The summed E-state index contributed by atoms with van der Waals surface area (Å²) < 4.78 is 40.0. The number of fused-ring (bicyclic) bond motifs is 1. The minimum Gasteiger partial charge on any atom is -0.445 e. The summed E-state index contributed by atoms with van der Waals surface area (Å²) in [5, 5.41) is 4.04. The van der Waals surface area contributed by atoms with Crippen molar-refractivity contribution >= 4 is 10.0 Å².